The molecule has 2 aromatic carbocycles. The molecule has 2 rings (SSSR count). The van der Waals surface area contributed by atoms with Crippen LogP contribution in [0.25, 0.3) is 6.08 Å². The lowest BCUT2D eigenvalue weighted by atomic mass is 9.86. The van der Waals surface area contributed by atoms with Crippen LogP contribution in [0.15, 0.2) is 48.5 Å². The SMILES string of the molecule is COc1cccc(/C=C/C(=O)c2ccc(C(C)(C)C)cc2)c1OC(C)C. The summed E-state index contributed by atoms with van der Waals surface area (Å²) in [6, 6.07) is 13.4. The maximum absolute atomic E-state index is 12.5. The minimum Gasteiger partial charge on any atom is -0.493 e. The molecule has 0 heterocycles. The minimum atomic E-state index is -0.0382. The molecule has 3 heteroatoms. The number of hydrogen-bond acceptors (Lipinski definition) is 3. The molecular formula is C23H28O3. The second-order valence-corrected chi connectivity index (χ2v) is 7.57. The van der Waals surface area contributed by atoms with Gasteiger partial charge in [0.25, 0.3) is 0 Å². The zero-order valence-corrected chi connectivity index (χ0v) is 16.5. The molecule has 2 aromatic rings. The number of carbonyl (C=O) groups excluding carboxylic acids is 1. The molecule has 0 N–H and O–H groups in total. The molecule has 0 saturated carbocycles. The fourth-order valence-corrected chi connectivity index (χ4v) is 2.58. The van der Waals surface area contributed by atoms with Crippen LogP contribution in [0.3, 0.4) is 0 Å². The van der Waals surface area contributed by atoms with Crippen LogP contribution in [0.1, 0.15) is 56.1 Å². The quantitative estimate of drug-likeness (QED) is 0.496. The third-order valence-electron chi connectivity index (χ3n) is 4.03. The van der Waals surface area contributed by atoms with Crippen molar-refractivity contribution in [2.45, 2.75) is 46.1 Å². The Morgan fingerprint density at radius 3 is 2.23 bits per heavy atom. The lowest BCUT2D eigenvalue weighted by molar-refractivity contribution is 0.104. The van der Waals surface area contributed by atoms with Gasteiger partial charge in [-0.25, -0.2) is 0 Å². The van der Waals surface area contributed by atoms with Gasteiger partial charge >= 0.3 is 0 Å². The predicted octanol–water partition coefficient (Wildman–Crippen LogP) is 5.68. The summed E-state index contributed by atoms with van der Waals surface area (Å²) in [5.74, 6) is 1.27. The van der Waals surface area contributed by atoms with Crippen molar-refractivity contribution in [2.24, 2.45) is 0 Å². The lowest BCUT2D eigenvalue weighted by Gasteiger charge is -2.18. The van der Waals surface area contributed by atoms with Crippen LogP contribution >= 0.6 is 0 Å². The van der Waals surface area contributed by atoms with Crippen LogP contribution in [0, 0.1) is 0 Å². The summed E-state index contributed by atoms with van der Waals surface area (Å²) < 4.78 is 11.3. The maximum atomic E-state index is 12.5. The fraction of sp³-hybridized carbons (Fsp3) is 0.348. The molecule has 0 bridgehead atoms. The van der Waals surface area contributed by atoms with E-state index in [0.29, 0.717) is 17.1 Å². The Kier molecular flexibility index (Phi) is 6.25. The first-order valence-electron chi connectivity index (χ1n) is 8.89. The van der Waals surface area contributed by atoms with Gasteiger partial charge in [0, 0.05) is 11.1 Å². The minimum absolute atomic E-state index is 0.0131. The fourth-order valence-electron chi connectivity index (χ4n) is 2.58. The van der Waals surface area contributed by atoms with E-state index in [4.69, 9.17) is 9.47 Å². The van der Waals surface area contributed by atoms with E-state index < -0.39 is 0 Å². The first-order valence-corrected chi connectivity index (χ1v) is 8.89. The van der Waals surface area contributed by atoms with E-state index >= 15 is 0 Å². The molecule has 138 valence electrons. The topological polar surface area (TPSA) is 35.5 Å². The zero-order chi connectivity index (χ0) is 19.3. The van der Waals surface area contributed by atoms with Crippen LogP contribution in [0.2, 0.25) is 0 Å². The van der Waals surface area contributed by atoms with Gasteiger partial charge in [-0.3, -0.25) is 4.79 Å². The monoisotopic (exact) mass is 352 g/mol. The number of methoxy groups -OCH3 is 1. The Labute approximate surface area is 156 Å². The van der Waals surface area contributed by atoms with E-state index in [9.17, 15) is 4.79 Å². The van der Waals surface area contributed by atoms with Crippen LogP contribution in [0.4, 0.5) is 0 Å². The first kappa shape index (κ1) is 19.8. The Morgan fingerprint density at radius 1 is 1.04 bits per heavy atom. The molecule has 0 aliphatic heterocycles. The van der Waals surface area contributed by atoms with Gasteiger partial charge in [-0.1, -0.05) is 57.2 Å². The highest BCUT2D eigenvalue weighted by Gasteiger charge is 2.14. The number of ether oxygens (including phenoxy) is 2. The number of benzene rings is 2. The van der Waals surface area contributed by atoms with Gasteiger partial charge in [0.15, 0.2) is 17.3 Å². The highest BCUT2D eigenvalue weighted by molar-refractivity contribution is 6.07. The second kappa shape index (κ2) is 8.22. The molecular weight excluding hydrogens is 324 g/mol. The lowest BCUT2D eigenvalue weighted by Crippen LogP contribution is -2.11. The zero-order valence-electron chi connectivity index (χ0n) is 16.5. The van der Waals surface area contributed by atoms with Crippen molar-refractivity contribution >= 4 is 11.9 Å². The summed E-state index contributed by atoms with van der Waals surface area (Å²) in [6.07, 6.45) is 3.37. The normalized spacial score (nSPS) is 11.8. The molecule has 3 nitrogen and oxygen atoms in total. The standard InChI is InChI=1S/C23H28O3/c1-16(2)26-22-18(8-7-9-21(22)25-6)12-15-20(24)17-10-13-19(14-11-17)23(3,4)5/h7-16H,1-6H3/b15-12+. The average Bonchev–Trinajstić information content (AvgIpc) is 2.59. The molecule has 0 radical (unpaired) electrons. The van der Waals surface area contributed by atoms with Crippen molar-refractivity contribution in [2.75, 3.05) is 7.11 Å². The highest BCUT2D eigenvalue weighted by atomic mass is 16.5. The molecule has 26 heavy (non-hydrogen) atoms. The molecule has 0 amide bonds. The van der Waals surface area contributed by atoms with Gasteiger partial charge in [0.05, 0.1) is 13.2 Å². The summed E-state index contributed by atoms with van der Waals surface area (Å²) in [6.45, 7) is 10.4. The number of carbonyl (C=O) groups is 1. The number of para-hydroxylation sites is 1. The molecule has 0 aliphatic carbocycles. The molecule has 0 spiro atoms. The summed E-state index contributed by atoms with van der Waals surface area (Å²) in [7, 11) is 1.61. The largest absolute Gasteiger partial charge is 0.493 e. The Morgan fingerprint density at radius 2 is 1.69 bits per heavy atom. The van der Waals surface area contributed by atoms with Gasteiger partial charge in [-0.2, -0.15) is 0 Å². The number of rotatable bonds is 6. The van der Waals surface area contributed by atoms with E-state index in [1.165, 1.54) is 5.56 Å². The van der Waals surface area contributed by atoms with E-state index in [0.717, 1.165) is 5.56 Å². The number of hydrogen-bond donors (Lipinski definition) is 0. The molecule has 0 fully saturated rings. The third kappa shape index (κ3) is 4.98. The van der Waals surface area contributed by atoms with Crippen molar-refractivity contribution in [3.05, 3.63) is 65.2 Å². The van der Waals surface area contributed by atoms with Crippen LogP contribution in [0.5, 0.6) is 11.5 Å². The number of ketones is 1. The van der Waals surface area contributed by atoms with E-state index in [1.807, 2.05) is 56.3 Å². The Bertz CT molecular complexity index is 778. The van der Waals surface area contributed by atoms with Gasteiger partial charge in [0.1, 0.15) is 0 Å². The van der Waals surface area contributed by atoms with Crippen molar-refractivity contribution in [3.63, 3.8) is 0 Å². The molecule has 0 atom stereocenters. The predicted molar refractivity (Wildman–Crippen MR) is 107 cm³/mol. The van der Waals surface area contributed by atoms with Crippen molar-refractivity contribution in [1.82, 2.24) is 0 Å². The first-order chi connectivity index (χ1) is 12.2. The summed E-state index contributed by atoms with van der Waals surface area (Å²) in [4.78, 5) is 12.5. The van der Waals surface area contributed by atoms with Gasteiger partial charge in [-0.05, 0) is 43.0 Å². The van der Waals surface area contributed by atoms with Crippen molar-refractivity contribution in [1.29, 1.82) is 0 Å². The summed E-state index contributed by atoms with van der Waals surface area (Å²) in [5, 5.41) is 0. The molecule has 0 aliphatic rings. The van der Waals surface area contributed by atoms with Gasteiger partial charge in [0.2, 0.25) is 0 Å². The summed E-state index contributed by atoms with van der Waals surface area (Å²) in [5.41, 5.74) is 2.76. The third-order valence-corrected chi connectivity index (χ3v) is 4.03. The molecule has 0 saturated heterocycles. The maximum Gasteiger partial charge on any atom is 0.185 e. The van der Waals surface area contributed by atoms with Gasteiger partial charge < -0.3 is 9.47 Å². The molecule has 0 aromatic heterocycles. The van der Waals surface area contributed by atoms with E-state index in [2.05, 4.69) is 20.8 Å². The smallest absolute Gasteiger partial charge is 0.185 e. The van der Waals surface area contributed by atoms with Crippen LogP contribution in [-0.2, 0) is 5.41 Å². The highest BCUT2D eigenvalue weighted by Crippen LogP contribution is 2.33. The van der Waals surface area contributed by atoms with Crippen molar-refractivity contribution in [3.8, 4) is 11.5 Å². The second-order valence-electron chi connectivity index (χ2n) is 7.57. The Hall–Kier alpha value is -2.55. The van der Waals surface area contributed by atoms with Crippen LogP contribution in [-0.4, -0.2) is 19.0 Å². The molecule has 0 unspecified atom stereocenters. The van der Waals surface area contributed by atoms with E-state index in [1.54, 1.807) is 19.3 Å². The van der Waals surface area contributed by atoms with Gasteiger partial charge in [-0.15, -0.1) is 0 Å². The number of allylic oxidation sites excluding steroid dienone is 1. The van der Waals surface area contributed by atoms with Crippen LogP contribution < -0.4 is 9.47 Å². The van der Waals surface area contributed by atoms with Crippen molar-refractivity contribution < 1.29 is 14.3 Å². The Balaban J connectivity index is 2.25. The summed E-state index contributed by atoms with van der Waals surface area (Å²) >= 11 is 0. The average molecular weight is 352 g/mol. The van der Waals surface area contributed by atoms with E-state index in [-0.39, 0.29) is 17.3 Å².